The number of carbonyl (C=O) groups excluding carboxylic acids is 1. The molecule has 2 aromatic rings. The predicted molar refractivity (Wildman–Crippen MR) is 113 cm³/mol. The summed E-state index contributed by atoms with van der Waals surface area (Å²) in [5.74, 6) is 0.480. The molecule has 0 saturated carbocycles. The van der Waals surface area contributed by atoms with Crippen molar-refractivity contribution >= 4 is 39.1 Å². The number of rotatable bonds is 7. The van der Waals surface area contributed by atoms with E-state index in [1.807, 2.05) is 0 Å². The second-order valence-electron chi connectivity index (χ2n) is 6.60. The molecule has 1 aliphatic heterocycles. The molecule has 1 aliphatic rings. The van der Waals surface area contributed by atoms with Gasteiger partial charge in [-0.05, 0) is 30.7 Å². The van der Waals surface area contributed by atoms with Gasteiger partial charge in [0.2, 0.25) is 15.9 Å². The molecule has 0 N–H and O–H groups in total. The quantitative estimate of drug-likeness (QED) is 0.595. The van der Waals surface area contributed by atoms with Crippen LogP contribution in [0.25, 0.3) is 0 Å². The molecule has 0 aromatic heterocycles. The lowest BCUT2D eigenvalue weighted by Gasteiger charge is -2.34. The van der Waals surface area contributed by atoms with Crippen molar-refractivity contribution in [3.63, 3.8) is 0 Å². The Kier molecular flexibility index (Phi) is 7.40. The Morgan fingerprint density at radius 3 is 2.34 bits per heavy atom. The van der Waals surface area contributed by atoms with E-state index in [-0.39, 0.29) is 23.9 Å². The number of carbonyl (C=O) groups is 1. The Hall–Kier alpha value is -1.80. The highest BCUT2D eigenvalue weighted by atomic mass is 35.5. The highest BCUT2D eigenvalue weighted by Crippen LogP contribution is 2.31. The van der Waals surface area contributed by atoms with Gasteiger partial charge in [-0.25, -0.2) is 8.42 Å². The van der Waals surface area contributed by atoms with Crippen molar-refractivity contribution in [2.24, 2.45) is 0 Å². The summed E-state index contributed by atoms with van der Waals surface area (Å²) in [6.07, 6.45) is 0.855. The third-order valence-electron chi connectivity index (χ3n) is 4.68. The van der Waals surface area contributed by atoms with Crippen LogP contribution in [-0.4, -0.2) is 56.3 Å². The van der Waals surface area contributed by atoms with Crippen molar-refractivity contribution in [3.05, 3.63) is 58.6 Å². The van der Waals surface area contributed by atoms with Crippen LogP contribution >= 0.6 is 23.2 Å². The molecule has 6 nitrogen and oxygen atoms in total. The summed E-state index contributed by atoms with van der Waals surface area (Å²) >= 11 is 12.0. The van der Waals surface area contributed by atoms with Crippen molar-refractivity contribution < 1.29 is 17.9 Å². The van der Waals surface area contributed by atoms with E-state index in [2.05, 4.69) is 0 Å². The van der Waals surface area contributed by atoms with Crippen LogP contribution < -0.4 is 4.74 Å². The largest absolute Gasteiger partial charge is 0.492 e. The SMILES string of the molecule is O=C(CCCOc1cccc(Cl)c1Cl)N1CCN(S(=O)(=O)c2ccccc2)CC1. The van der Waals surface area contributed by atoms with E-state index in [0.717, 1.165) is 0 Å². The Morgan fingerprint density at radius 1 is 0.966 bits per heavy atom. The van der Waals surface area contributed by atoms with E-state index in [1.54, 1.807) is 53.4 Å². The smallest absolute Gasteiger partial charge is 0.243 e. The molecule has 0 bridgehead atoms. The summed E-state index contributed by atoms with van der Waals surface area (Å²) in [6.45, 7) is 1.68. The first-order chi connectivity index (χ1) is 13.9. The van der Waals surface area contributed by atoms with Gasteiger partial charge in [-0.1, -0.05) is 47.5 Å². The zero-order chi connectivity index (χ0) is 20.9. The van der Waals surface area contributed by atoms with Gasteiger partial charge < -0.3 is 9.64 Å². The molecule has 2 aromatic carbocycles. The number of nitrogens with zero attached hydrogens (tertiary/aromatic N) is 2. The molecule has 1 saturated heterocycles. The van der Waals surface area contributed by atoms with E-state index < -0.39 is 10.0 Å². The molecule has 0 atom stereocenters. The van der Waals surface area contributed by atoms with Crippen LogP contribution in [0.5, 0.6) is 5.75 Å². The van der Waals surface area contributed by atoms with Gasteiger partial charge in [-0.15, -0.1) is 0 Å². The van der Waals surface area contributed by atoms with Gasteiger partial charge in [0, 0.05) is 32.6 Å². The lowest BCUT2D eigenvalue weighted by molar-refractivity contribution is -0.132. The van der Waals surface area contributed by atoms with Gasteiger partial charge in [0.1, 0.15) is 10.8 Å². The second kappa shape index (κ2) is 9.80. The number of ether oxygens (including phenoxy) is 1. The lowest BCUT2D eigenvalue weighted by atomic mass is 10.2. The summed E-state index contributed by atoms with van der Waals surface area (Å²) in [7, 11) is -3.52. The number of hydrogen-bond donors (Lipinski definition) is 0. The Balaban J connectivity index is 1.44. The zero-order valence-corrected chi connectivity index (χ0v) is 18.1. The molecule has 1 amide bonds. The van der Waals surface area contributed by atoms with E-state index in [9.17, 15) is 13.2 Å². The van der Waals surface area contributed by atoms with E-state index in [0.29, 0.717) is 48.3 Å². The van der Waals surface area contributed by atoms with Gasteiger partial charge in [-0.2, -0.15) is 4.31 Å². The molecule has 0 spiro atoms. The Morgan fingerprint density at radius 2 is 1.66 bits per heavy atom. The Bertz CT molecular complexity index is 946. The zero-order valence-electron chi connectivity index (χ0n) is 15.8. The highest BCUT2D eigenvalue weighted by Gasteiger charge is 2.29. The number of amides is 1. The summed E-state index contributed by atoms with van der Waals surface area (Å²) < 4.78 is 32.3. The van der Waals surface area contributed by atoms with Crippen LogP contribution in [-0.2, 0) is 14.8 Å². The molecule has 3 rings (SSSR count). The van der Waals surface area contributed by atoms with Crippen LogP contribution in [0.3, 0.4) is 0 Å². The van der Waals surface area contributed by atoms with Gasteiger partial charge >= 0.3 is 0 Å². The van der Waals surface area contributed by atoms with E-state index in [4.69, 9.17) is 27.9 Å². The van der Waals surface area contributed by atoms with E-state index in [1.165, 1.54) is 4.31 Å². The van der Waals surface area contributed by atoms with Crippen molar-refractivity contribution in [2.45, 2.75) is 17.7 Å². The fourth-order valence-electron chi connectivity index (χ4n) is 3.08. The molecule has 0 radical (unpaired) electrons. The first kappa shape index (κ1) is 21.9. The van der Waals surface area contributed by atoms with Crippen LogP contribution in [0.2, 0.25) is 10.0 Å². The molecule has 1 fully saturated rings. The molecule has 29 heavy (non-hydrogen) atoms. The molecular formula is C20H22Cl2N2O4S. The number of halogens is 2. The first-order valence-corrected chi connectivity index (χ1v) is 11.5. The fraction of sp³-hybridized carbons (Fsp3) is 0.350. The average molecular weight is 457 g/mol. The summed E-state index contributed by atoms with van der Waals surface area (Å²) in [4.78, 5) is 14.4. The number of benzene rings is 2. The van der Waals surface area contributed by atoms with E-state index >= 15 is 0 Å². The molecular weight excluding hydrogens is 435 g/mol. The average Bonchev–Trinajstić information content (AvgIpc) is 2.74. The number of sulfonamides is 1. The standard InChI is InChI=1S/C20H22Cl2N2O4S/c21-17-8-4-9-18(20(17)22)28-15-5-10-19(25)23-11-13-24(14-12-23)29(26,27)16-6-2-1-3-7-16/h1-4,6-9H,5,10-15H2. The fourth-order valence-corrected chi connectivity index (χ4v) is 4.87. The topological polar surface area (TPSA) is 66.9 Å². The molecule has 156 valence electrons. The molecule has 9 heteroatoms. The van der Waals surface area contributed by atoms with Crippen molar-refractivity contribution in [2.75, 3.05) is 32.8 Å². The highest BCUT2D eigenvalue weighted by molar-refractivity contribution is 7.89. The molecule has 0 unspecified atom stereocenters. The third-order valence-corrected chi connectivity index (χ3v) is 7.40. The maximum absolute atomic E-state index is 12.6. The van der Waals surface area contributed by atoms with Crippen molar-refractivity contribution in [3.8, 4) is 5.75 Å². The first-order valence-electron chi connectivity index (χ1n) is 9.29. The van der Waals surface area contributed by atoms with Gasteiger partial charge in [0.15, 0.2) is 0 Å². The van der Waals surface area contributed by atoms with Crippen molar-refractivity contribution in [1.82, 2.24) is 9.21 Å². The van der Waals surface area contributed by atoms with Crippen LogP contribution in [0, 0.1) is 0 Å². The second-order valence-corrected chi connectivity index (χ2v) is 9.32. The van der Waals surface area contributed by atoms with Crippen molar-refractivity contribution in [1.29, 1.82) is 0 Å². The minimum atomic E-state index is -3.52. The van der Waals surface area contributed by atoms with Crippen LogP contribution in [0.4, 0.5) is 0 Å². The summed E-state index contributed by atoms with van der Waals surface area (Å²) in [5.41, 5.74) is 0. The van der Waals surface area contributed by atoms with Gasteiger partial charge in [0.05, 0.1) is 16.5 Å². The minimum absolute atomic E-state index is 0.0115. The molecule has 0 aliphatic carbocycles. The number of hydrogen-bond acceptors (Lipinski definition) is 4. The maximum Gasteiger partial charge on any atom is 0.243 e. The monoisotopic (exact) mass is 456 g/mol. The third kappa shape index (κ3) is 5.42. The summed E-state index contributed by atoms with van der Waals surface area (Å²) in [5, 5.41) is 0.778. The minimum Gasteiger partial charge on any atom is -0.492 e. The van der Waals surface area contributed by atoms with Crippen LogP contribution in [0.1, 0.15) is 12.8 Å². The normalized spacial score (nSPS) is 15.3. The predicted octanol–water partition coefficient (Wildman–Crippen LogP) is 3.69. The van der Waals surface area contributed by atoms with Gasteiger partial charge in [0.25, 0.3) is 0 Å². The van der Waals surface area contributed by atoms with Crippen LogP contribution in [0.15, 0.2) is 53.4 Å². The number of piperazine rings is 1. The Labute approximate surface area is 181 Å². The molecule has 1 heterocycles. The maximum atomic E-state index is 12.6. The summed E-state index contributed by atoms with van der Waals surface area (Å²) in [6, 6.07) is 13.5. The van der Waals surface area contributed by atoms with Gasteiger partial charge in [-0.3, -0.25) is 4.79 Å². The lowest BCUT2D eigenvalue weighted by Crippen LogP contribution is -2.50.